The number of hydrogen-bond donors (Lipinski definition) is 0. The predicted octanol–water partition coefficient (Wildman–Crippen LogP) is 23.6. The van der Waals surface area contributed by atoms with Gasteiger partial charge in [-0.25, -0.2) is 4.39 Å². The normalized spacial score (nSPS) is 16.7. The van der Waals surface area contributed by atoms with Gasteiger partial charge in [-0.2, -0.15) is 190 Å². The number of halogens is 1. The zero-order chi connectivity index (χ0) is 92.0. The van der Waals surface area contributed by atoms with E-state index in [0.717, 1.165) is 141 Å². The third-order valence-electron chi connectivity index (χ3n) is 29.5. The summed E-state index contributed by atoms with van der Waals surface area (Å²) < 4.78 is 29.8. The molecule has 9 aromatic carbocycles. The van der Waals surface area contributed by atoms with E-state index in [2.05, 4.69) is 344 Å². The van der Waals surface area contributed by atoms with Crippen LogP contribution in [0.5, 0.6) is 0 Å². The van der Waals surface area contributed by atoms with E-state index < -0.39 is 10.8 Å². The number of fused-ring (bicyclic) bond motifs is 40. The fraction of sp³-hybridized carbons (Fsp3) is 0.295. The van der Waals surface area contributed by atoms with Crippen molar-refractivity contribution in [2.45, 2.75) is 212 Å². The molecule has 0 saturated carbocycles. The first-order valence-corrected chi connectivity index (χ1v) is 44.5. The molecule has 8 aromatic heterocycles. The van der Waals surface area contributed by atoms with Gasteiger partial charge in [0.1, 0.15) is 0 Å². The first-order valence-electron chi connectivity index (χ1n) is 44.5. The zero-order valence-corrected chi connectivity index (χ0v) is 88.6. The van der Waals surface area contributed by atoms with Crippen LogP contribution in [0.4, 0.5) is 10.1 Å². The standard InChI is InChI=1S/C30H26N4.C28H27N5.C27H27FN4.C27H28N4.4Pt/c1-29(2)22-12-8-15-25(18-22)34-20-26(21-10-6-5-7-11-21)28(32-34)30(3,4)23-13-9-14-24(19-23)33-17-16-27(29)31-33;1-26(2)20-15-21(29-7)18-23(17-20)33-14-12-25(31-33)28(5,6)27(3,4)19-9-8-10-22(16-19)32-13-11-24(26)30-32;1-25(2)19-14-20(28)17-22(16-19)32-13-11-24(30-32)27(5,6)26(3,4)18-8-7-9-21(15-18)31-12-10-23(25)29-31;1-25(2)19-9-7-11-21(17-19)31-16-14-24(29-31)27(5,6)26(3,4)20-10-8-12-22(18-20)30-15-13-23(25)28-30;;;;/h5-17,20H,1-4H3;8-15,18H,1-6H3;7-14,17H,1-6H3;7-16H,1-6H3;;;;/q4*-2;4*+2. The van der Waals surface area contributed by atoms with Gasteiger partial charge in [0.05, 0.1) is 57.8 Å². The van der Waals surface area contributed by atoms with Crippen LogP contribution < -0.4 is 0 Å². The third-order valence-corrected chi connectivity index (χ3v) is 29.5. The first-order chi connectivity index (χ1) is 61.5. The average molecular weight is 2490 g/mol. The molecule has 0 saturated heterocycles. The molecule has 22 heteroatoms. The Labute approximate surface area is 845 Å². The second-order valence-electron chi connectivity index (χ2n) is 40.6. The summed E-state index contributed by atoms with van der Waals surface area (Å²) in [5.74, 6) is -0.317. The molecule has 17 nitrogen and oxygen atoms in total. The Morgan fingerprint density at radius 2 is 0.507 bits per heavy atom. The molecule has 32 bridgehead atoms. The third kappa shape index (κ3) is 17.3. The molecule has 688 valence electrons. The van der Waals surface area contributed by atoms with Crippen molar-refractivity contribution in [2.24, 2.45) is 0 Å². The minimum absolute atomic E-state index is 0. The number of hydrogen-bond acceptors (Lipinski definition) is 8. The number of benzene rings is 9. The van der Waals surface area contributed by atoms with Crippen molar-refractivity contribution >= 4 is 5.69 Å². The van der Waals surface area contributed by atoms with Crippen LogP contribution in [-0.4, -0.2) is 78.2 Å². The van der Waals surface area contributed by atoms with E-state index in [-0.39, 0.29) is 139 Å². The largest absolute Gasteiger partial charge is 2.00 e. The summed E-state index contributed by atoms with van der Waals surface area (Å²) in [6.07, 6.45) is 16.0. The summed E-state index contributed by atoms with van der Waals surface area (Å²) >= 11 is 0. The van der Waals surface area contributed by atoms with Crippen LogP contribution in [0.1, 0.15) is 242 Å². The molecule has 0 spiro atoms. The van der Waals surface area contributed by atoms with Gasteiger partial charge in [0.15, 0.2) is 0 Å². The van der Waals surface area contributed by atoms with Gasteiger partial charge in [0, 0.05) is 104 Å². The quantitative estimate of drug-likeness (QED) is 0.148. The van der Waals surface area contributed by atoms with E-state index >= 15 is 0 Å². The summed E-state index contributed by atoms with van der Waals surface area (Å²) in [6, 6.07) is 97.8. The molecule has 4 aliphatic rings. The van der Waals surface area contributed by atoms with E-state index in [9.17, 15) is 4.39 Å². The molecule has 0 radical (unpaired) electrons. The van der Waals surface area contributed by atoms with Crippen molar-refractivity contribution in [1.29, 1.82) is 0 Å². The van der Waals surface area contributed by atoms with Crippen LogP contribution >= 0.6 is 0 Å². The molecular weight excluding hydrogens is 2380 g/mol. The Morgan fingerprint density at radius 3 is 0.843 bits per heavy atom. The van der Waals surface area contributed by atoms with Crippen molar-refractivity contribution in [1.82, 2.24) is 78.2 Å². The van der Waals surface area contributed by atoms with Gasteiger partial charge in [0.2, 0.25) is 0 Å². The monoisotopic (exact) mass is 2490 g/mol. The molecule has 21 rings (SSSR count). The van der Waals surface area contributed by atoms with Gasteiger partial charge in [-0.15, -0.1) is 76.9 Å². The first kappa shape index (κ1) is 98.8. The van der Waals surface area contributed by atoms with Gasteiger partial charge in [-0.3, -0.25) is 42.3 Å². The smallest absolute Gasteiger partial charge is 0.267 e. The average Bonchev–Trinajstić information content (AvgIpc) is 1.57. The number of aromatic nitrogens is 16. The molecule has 4 aliphatic heterocycles. The molecular formula is C112H108FN17Pt4. The van der Waals surface area contributed by atoms with Crippen LogP contribution in [0.2, 0.25) is 0 Å². The summed E-state index contributed by atoms with van der Waals surface area (Å²) in [7, 11) is 0. The van der Waals surface area contributed by atoms with Crippen LogP contribution in [-0.2, 0) is 144 Å². The molecule has 134 heavy (non-hydrogen) atoms. The van der Waals surface area contributed by atoms with Crippen LogP contribution in [0.25, 0.3) is 61.5 Å². The minimum Gasteiger partial charge on any atom is -0.267 e. The molecule has 0 unspecified atom stereocenters. The number of rotatable bonds is 1. The maximum absolute atomic E-state index is 14.7. The Hall–Kier alpha value is -11.2. The fourth-order valence-electron chi connectivity index (χ4n) is 17.8. The van der Waals surface area contributed by atoms with Gasteiger partial charge >= 0.3 is 84.3 Å². The van der Waals surface area contributed by atoms with E-state index in [1.54, 1.807) is 4.68 Å². The molecule has 12 heterocycles. The predicted molar refractivity (Wildman–Crippen MR) is 510 cm³/mol. The van der Waals surface area contributed by atoms with Crippen LogP contribution in [0, 0.1) is 60.9 Å². The van der Waals surface area contributed by atoms with E-state index in [1.165, 1.54) is 12.1 Å². The maximum Gasteiger partial charge on any atom is 2.00 e. The van der Waals surface area contributed by atoms with Gasteiger partial charge < -0.3 is 0 Å². The molecule has 0 fully saturated rings. The summed E-state index contributed by atoms with van der Waals surface area (Å²) in [4.78, 5) is 3.73. The van der Waals surface area contributed by atoms with Gasteiger partial charge in [-0.05, 0) is 104 Å². The van der Waals surface area contributed by atoms with Crippen molar-refractivity contribution in [3.8, 4) is 56.6 Å². The minimum atomic E-state index is -0.547. The van der Waals surface area contributed by atoms with E-state index in [4.69, 9.17) is 47.4 Å². The molecule has 0 atom stereocenters. The Kier molecular flexibility index (Phi) is 26.7. The van der Waals surface area contributed by atoms with Crippen molar-refractivity contribution < 1.29 is 88.7 Å². The SMILES string of the molecule is CC1(C)c2[c-]c(cc(F)c2)-n2ccc(n2)C(C)(C)C(C)(C)c2[c-]c(ccc2)-n2ccc1n2.CC1(C)c2[c-]c(ccc2)-n2cc(-c3ccccc3)c(n2)C(C)(C)c2[c-]c(ccc2)-n2ccc1n2.CC1(C)c2[c-]c(ccc2)-n2ccc(n2)C(C)(C)C(C)(C)c2[c-]c(ccc2)-n2ccc1n2.[C-]#[N+]c1cc2[c-]c(c1)C(C)(C)c1ccn(n1)-c1[c-]c(ccc1)C(C)(C)C(C)(C)c1ccn-2n1.[Pt+2].[Pt+2].[Pt+2].[Pt+2]. The fourth-order valence-corrected chi connectivity index (χ4v) is 17.8. The van der Waals surface area contributed by atoms with Crippen LogP contribution in [0.15, 0.2) is 256 Å². The maximum atomic E-state index is 14.7. The van der Waals surface area contributed by atoms with E-state index in [0.29, 0.717) is 11.4 Å². The Balaban J connectivity index is 0.000000142. The van der Waals surface area contributed by atoms with Crippen molar-refractivity contribution in [3.05, 3.63) is 412 Å². The Morgan fingerprint density at radius 1 is 0.246 bits per heavy atom. The van der Waals surface area contributed by atoms with Crippen LogP contribution in [0.3, 0.4) is 0 Å². The van der Waals surface area contributed by atoms with Crippen molar-refractivity contribution in [2.75, 3.05) is 0 Å². The topological polar surface area (TPSA) is 147 Å². The van der Waals surface area contributed by atoms with Gasteiger partial charge in [0.25, 0.3) is 0 Å². The van der Waals surface area contributed by atoms with Crippen molar-refractivity contribution in [3.63, 3.8) is 0 Å². The van der Waals surface area contributed by atoms with Gasteiger partial charge in [-0.1, -0.05) is 188 Å². The van der Waals surface area contributed by atoms with E-state index in [1.807, 2.05) is 139 Å². The molecule has 17 aromatic rings. The molecule has 0 N–H and O–H groups in total. The second-order valence-corrected chi connectivity index (χ2v) is 40.6. The summed E-state index contributed by atoms with van der Waals surface area (Å²) in [6.45, 7) is 55.9. The second kappa shape index (κ2) is 36.1. The summed E-state index contributed by atoms with van der Waals surface area (Å²) in [5, 5.41) is 39.7. The Bertz CT molecular complexity index is 7240. The molecule has 0 aliphatic carbocycles. The summed E-state index contributed by atoms with van der Waals surface area (Å²) in [5.41, 5.74) is 21.9. The zero-order valence-electron chi connectivity index (χ0n) is 79.5. The molecule has 0 amide bonds. The number of nitrogens with zero attached hydrogens (tertiary/aromatic N) is 17.